The lowest BCUT2D eigenvalue weighted by atomic mass is 10.1. The monoisotopic (exact) mass is 351 g/mol. The molecule has 0 aromatic heterocycles. The molecule has 5 nitrogen and oxygen atoms in total. The first-order chi connectivity index (χ1) is 12.5. The van der Waals surface area contributed by atoms with Crippen molar-refractivity contribution < 1.29 is 9.59 Å². The Morgan fingerprint density at radius 3 is 2.62 bits per heavy atom. The normalized spacial score (nSPS) is 16.4. The first-order valence-electron chi connectivity index (χ1n) is 8.98. The quantitative estimate of drug-likeness (QED) is 0.886. The molecule has 1 aliphatic heterocycles. The maximum atomic E-state index is 12.5. The van der Waals surface area contributed by atoms with E-state index in [-0.39, 0.29) is 17.9 Å². The van der Waals surface area contributed by atoms with Gasteiger partial charge in [-0.3, -0.25) is 4.79 Å². The molecule has 1 heterocycles. The number of anilines is 1. The molecule has 1 saturated heterocycles. The topological polar surface area (TPSA) is 61.4 Å². The van der Waals surface area contributed by atoms with Crippen molar-refractivity contribution in [3.05, 3.63) is 65.2 Å². The van der Waals surface area contributed by atoms with Gasteiger partial charge in [0.2, 0.25) is 5.91 Å². The molecule has 26 heavy (non-hydrogen) atoms. The van der Waals surface area contributed by atoms with E-state index in [0.29, 0.717) is 26.1 Å². The minimum absolute atomic E-state index is 0.00988. The molecule has 5 heteroatoms. The van der Waals surface area contributed by atoms with Crippen LogP contribution in [-0.4, -0.2) is 29.9 Å². The molecular formula is C21H25N3O2. The molecule has 1 unspecified atom stereocenters. The zero-order valence-electron chi connectivity index (χ0n) is 15.3. The summed E-state index contributed by atoms with van der Waals surface area (Å²) in [6.07, 6.45) is 0.695. The molecule has 2 N–H and O–H groups in total. The zero-order chi connectivity index (χ0) is 18.5. The second-order valence-electron chi connectivity index (χ2n) is 6.88. The standard InChI is InChI=1S/C21H25N3O2/c1-15-8-9-19(16(2)12-15)23-21(26)24-11-10-18(14-24)20(25)22-13-17-6-4-3-5-7-17/h3-9,12,18H,10-11,13-14H2,1-2H3,(H,22,25)(H,23,26). The van der Waals surface area contributed by atoms with Gasteiger partial charge < -0.3 is 15.5 Å². The van der Waals surface area contributed by atoms with E-state index in [4.69, 9.17) is 0 Å². The van der Waals surface area contributed by atoms with E-state index >= 15 is 0 Å². The van der Waals surface area contributed by atoms with Crippen LogP contribution in [0.2, 0.25) is 0 Å². The molecule has 0 spiro atoms. The number of hydrogen-bond acceptors (Lipinski definition) is 2. The Morgan fingerprint density at radius 1 is 1.12 bits per heavy atom. The van der Waals surface area contributed by atoms with Crippen molar-refractivity contribution in [3.63, 3.8) is 0 Å². The fourth-order valence-corrected chi connectivity index (χ4v) is 3.24. The number of nitrogens with zero attached hydrogens (tertiary/aromatic N) is 1. The summed E-state index contributed by atoms with van der Waals surface area (Å²) in [7, 11) is 0. The molecule has 0 bridgehead atoms. The van der Waals surface area contributed by atoms with Gasteiger partial charge >= 0.3 is 6.03 Å². The van der Waals surface area contributed by atoms with Crippen LogP contribution in [0.4, 0.5) is 10.5 Å². The van der Waals surface area contributed by atoms with Crippen LogP contribution in [0.1, 0.15) is 23.1 Å². The fourth-order valence-electron chi connectivity index (χ4n) is 3.24. The summed E-state index contributed by atoms with van der Waals surface area (Å²) in [5.74, 6) is -0.140. The molecule has 2 aromatic carbocycles. The summed E-state index contributed by atoms with van der Waals surface area (Å²) in [6, 6.07) is 15.6. The van der Waals surface area contributed by atoms with Crippen molar-refractivity contribution in [1.82, 2.24) is 10.2 Å². The Labute approximate surface area is 154 Å². The number of hydrogen-bond donors (Lipinski definition) is 2. The van der Waals surface area contributed by atoms with E-state index in [1.165, 1.54) is 0 Å². The first kappa shape index (κ1) is 18.0. The minimum Gasteiger partial charge on any atom is -0.352 e. The summed E-state index contributed by atoms with van der Waals surface area (Å²) in [6.45, 7) is 5.58. The molecular weight excluding hydrogens is 326 g/mol. The number of nitrogens with one attached hydrogen (secondary N) is 2. The molecule has 1 fully saturated rings. The van der Waals surface area contributed by atoms with Crippen LogP contribution < -0.4 is 10.6 Å². The lowest BCUT2D eigenvalue weighted by molar-refractivity contribution is -0.124. The predicted octanol–water partition coefficient (Wildman–Crippen LogP) is 3.47. The molecule has 1 atom stereocenters. The number of carbonyl (C=O) groups is 2. The van der Waals surface area contributed by atoms with Crippen LogP contribution >= 0.6 is 0 Å². The molecule has 3 amide bonds. The third-order valence-electron chi connectivity index (χ3n) is 4.78. The van der Waals surface area contributed by atoms with Crippen molar-refractivity contribution in [2.75, 3.05) is 18.4 Å². The molecule has 0 saturated carbocycles. The van der Waals surface area contributed by atoms with Gasteiger partial charge in [0.1, 0.15) is 0 Å². The number of aryl methyl sites for hydroxylation is 2. The first-order valence-corrected chi connectivity index (χ1v) is 8.98. The Hall–Kier alpha value is -2.82. The molecule has 136 valence electrons. The van der Waals surface area contributed by atoms with Gasteiger partial charge in [-0.1, -0.05) is 48.0 Å². The Balaban J connectivity index is 1.51. The number of amides is 3. The van der Waals surface area contributed by atoms with Crippen LogP contribution in [0.3, 0.4) is 0 Å². The van der Waals surface area contributed by atoms with Gasteiger partial charge in [0.15, 0.2) is 0 Å². The van der Waals surface area contributed by atoms with Crippen LogP contribution in [-0.2, 0) is 11.3 Å². The Bertz CT molecular complexity index is 789. The van der Waals surface area contributed by atoms with Crippen molar-refractivity contribution in [2.24, 2.45) is 5.92 Å². The van der Waals surface area contributed by atoms with E-state index < -0.39 is 0 Å². The summed E-state index contributed by atoms with van der Waals surface area (Å²) in [4.78, 5) is 26.6. The summed E-state index contributed by atoms with van der Waals surface area (Å²) in [5.41, 5.74) is 4.09. The highest BCUT2D eigenvalue weighted by molar-refractivity contribution is 5.91. The second kappa shape index (κ2) is 8.04. The third-order valence-corrected chi connectivity index (χ3v) is 4.78. The summed E-state index contributed by atoms with van der Waals surface area (Å²) < 4.78 is 0. The van der Waals surface area contributed by atoms with Gasteiger partial charge in [-0.2, -0.15) is 0 Å². The lowest BCUT2D eigenvalue weighted by Gasteiger charge is -2.18. The lowest BCUT2D eigenvalue weighted by Crippen LogP contribution is -2.36. The van der Waals surface area contributed by atoms with Crippen molar-refractivity contribution in [2.45, 2.75) is 26.8 Å². The summed E-state index contributed by atoms with van der Waals surface area (Å²) >= 11 is 0. The Morgan fingerprint density at radius 2 is 1.88 bits per heavy atom. The van der Waals surface area contributed by atoms with Gasteiger partial charge in [0, 0.05) is 25.3 Å². The number of urea groups is 1. The van der Waals surface area contributed by atoms with E-state index in [2.05, 4.69) is 10.6 Å². The predicted molar refractivity (Wildman–Crippen MR) is 103 cm³/mol. The van der Waals surface area contributed by atoms with Gasteiger partial charge in [0.25, 0.3) is 0 Å². The number of carbonyl (C=O) groups excluding carboxylic acids is 2. The van der Waals surface area contributed by atoms with Gasteiger partial charge in [-0.25, -0.2) is 4.79 Å². The highest BCUT2D eigenvalue weighted by atomic mass is 16.2. The maximum Gasteiger partial charge on any atom is 0.321 e. The van der Waals surface area contributed by atoms with Crippen LogP contribution in [0.25, 0.3) is 0 Å². The van der Waals surface area contributed by atoms with Crippen molar-refractivity contribution >= 4 is 17.6 Å². The molecule has 2 aromatic rings. The fraction of sp³-hybridized carbons (Fsp3) is 0.333. The number of likely N-dealkylation sites (tertiary alicyclic amines) is 1. The average Bonchev–Trinajstić information content (AvgIpc) is 3.13. The molecule has 0 radical (unpaired) electrons. The zero-order valence-corrected chi connectivity index (χ0v) is 15.3. The van der Waals surface area contributed by atoms with Gasteiger partial charge in [0.05, 0.1) is 5.92 Å². The largest absolute Gasteiger partial charge is 0.352 e. The SMILES string of the molecule is Cc1ccc(NC(=O)N2CCC(C(=O)NCc3ccccc3)C2)c(C)c1. The molecule has 1 aliphatic rings. The number of benzene rings is 2. The average molecular weight is 351 g/mol. The third kappa shape index (κ3) is 4.42. The van der Waals surface area contributed by atoms with E-state index in [1.54, 1.807) is 4.90 Å². The van der Waals surface area contributed by atoms with Crippen LogP contribution in [0, 0.1) is 19.8 Å². The van der Waals surface area contributed by atoms with Crippen LogP contribution in [0.5, 0.6) is 0 Å². The highest BCUT2D eigenvalue weighted by Gasteiger charge is 2.31. The second-order valence-corrected chi connectivity index (χ2v) is 6.88. The molecule has 3 rings (SSSR count). The van der Waals surface area contributed by atoms with E-state index in [9.17, 15) is 9.59 Å². The minimum atomic E-state index is -0.149. The van der Waals surface area contributed by atoms with Crippen LogP contribution in [0.15, 0.2) is 48.5 Å². The van der Waals surface area contributed by atoms with Gasteiger partial charge in [-0.05, 0) is 37.5 Å². The smallest absolute Gasteiger partial charge is 0.321 e. The van der Waals surface area contributed by atoms with Gasteiger partial charge in [-0.15, -0.1) is 0 Å². The highest BCUT2D eigenvalue weighted by Crippen LogP contribution is 2.20. The maximum absolute atomic E-state index is 12.5. The molecule has 0 aliphatic carbocycles. The van der Waals surface area contributed by atoms with E-state index in [1.807, 2.05) is 62.4 Å². The number of rotatable bonds is 4. The summed E-state index contributed by atoms with van der Waals surface area (Å²) in [5, 5.41) is 5.92. The van der Waals surface area contributed by atoms with Crippen molar-refractivity contribution in [3.8, 4) is 0 Å². The van der Waals surface area contributed by atoms with Crippen molar-refractivity contribution in [1.29, 1.82) is 0 Å². The van der Waals surface area contributed by atoms with E-state index in [0.717, 1.165) is 22.4 Å². The Kier molecular flexibility index (Phi) is 5.56.